The van der Waals surface area contributed by atoms with Crippen LogP contribution in [-0.2, 0) is 12.2 Å². The standard InChI is InChI=1S/C26H25ClN4O3/c1-16-14-29-20(19-10-11-28-25(30-19)26(3,4)33)13-21(16)31-17(2)12-22(23(27)24(31)32)34-15-18-8-6-5-7-9-18/h5-14,33H,15H2,1-4H3. The Hall–Kier alpha value is -3.55. The SMILES string of the molecule is Cc1cnc(-c2ccnc(C(C)(C)O)n2)cc1-n1c(C)cc(OCc2ccccc2)c(Cl)c1=O. The number of ether oxygens (including phenoxy) is 1. The maximum absolute atomic E-state index is 13.3. The Labute approximate surface area is 202 Å². The fourth-order valence-electron chi connectivity index (χ4n) is 3.51. The number of aliphatic hydroxyl groups is 1. The highest BCUT2D eigenvalue weighted by Crippen LogP contribution is 2.27. The third kappa shape index (κ3) is 4.85. The van der Waals surface area contributed by atoms with Gasteiger partial charge in [-0.15, -0.1) is 0 Å². The molecule has 0 aliphatic heterocycles. The van der Waals surface area contributed by atoms with Gasteiger partial charge in [0.1, 0.15) is 23.0 Å². The van der Waals surface area contributed by atoms with Crippen molar-refractivity contribution in [1.29, 1.82) is 0 Å². The Morgan fingerprint density at radius 2 is 1.79 bits per heavy atom. The summed E-state index contributed by atoms with van der Waals surface area (Å²) in [6, 6.07) is 14.9. The third-order valence-corrected chi connectivity index (χ3v) is 5.67. The van der Waals surface area contributed by atoms with Crippen molar-refractivity contribution >= 4 is 11.6 Å². The molecule has 4 aromatic rings. The first-order valence-electron chi connectivity index (χ1n) is 10.8. The monoisotopic (exact) mass is 476 g/mol. The lowest BCUT2D eigenvalue weighted by Crippen LogP contribution is -2.23. The molecule has 0 aliphatic rings. The molecule has 4 rings (SSSR count). The van der Waals surface area contributed by atoms with Gasteiger partial charge < -0.3 is 9.84 Å². The molecule has 0 atom stereocenters. The van der Waals surface area contributed by atoms with Crippen LogP contribution in [0.2, 0.25) is 5.02 Å². The van der Waals surface area contributed by atoms with Gasteiger partial charge in [0.25, 0.3) is 5.56 Å². The van der Waals surface area contributed by atoms with Crippen LogP contribution in [0.25, 0.3) is 17.1 Å². The molecule has 0 radical (unpaired) electrons. The molecule has 1 aromatic carbocycles. The molecule has 7 nitrogen and oxygen atoms in total. The molecule has 1 N–H and O–H groups in total. The molecule has 0 saturated heterocycles. The molecule has 3 aromatic heterocycles. The molecule has 0 amide bonds. The zero-order chi connectivity index (χ0) is 24.5. The molecule has 0 fully saturated rings. The lowest BCUT2D eigenvalue weighted by Gasteiger charge is -2.17. The predicted molar refractivity (Wildman–Crippen MR) is 131 cm³/mol. The van der Waals surface area contributed by atoms with Crippen molar-refractivity contribution in [3.05, 3.63) is 98.9 Å². The van der Waals surface area contributed by atoms with Crippen molar-refractivity contribution in [2.45, 2.75) is 39.9 Å². The summed E-state index contributed by atoms with van der Waals surface area (Å²) in [6.07, 6.45) is 3.25. The highest BCUT2D eigenvalue weighted by molar-refractivity contribution is 6.31. The van der Waals surface area contributed by atoms with Gasteiger partial charge in [0.2, 0.25) is 0 Å². The van der Waals surface area contributed by atoms with Gasteiger partial charge in [-0.3, -0.25) is 14.3 Å². The largest absolute Gasteiger partial charge is 0.487 e. The summed E-state index contributed by atoms with van der Waals surface area (Å²) >= 11 is 6.44. The van der Waals surface area contributed by atoms with Crippen LogP contribution < -0.4 is 10.3 Å². The summed E-state index contributed by atoms with van der Waals surface area (Å²) in [4.78, 5) is 26.4. The first kappa shape index (κ1) is 23.6. The Kier molecular flexibility index (Phi) is 6.50. The van der Waals surface area contributed by atoms with Crippen LogP contribution in [-0.4, -0.2) is 24.6 Å². The maximum atomic E-state index is 13.3. The molecular weight excluding hydrogens is 452 g/mol. The number of rotatable bonds is 6. The molecule has 34 heavy (non-hydrogen) atoms. The minimum atomic E-state index is -1.19. The summed E-state index contributed by atoms with van der Waals surface area (Å²) in [5.74, 6) is 0.618. The van der Waals surface area contributed by atoms with E-state index >= 15 is 0 Å². The van der Waals surface area contributed by atoms with Gasteiger partial charge in [-0.1, -0.05) is 41.9 Å². The first-order chi connectivity index (χ1) is 16.1. The molecule has 0 bridgehead atoms. The van der Waals surface area contributed by atoms with Crippen LogP contribution in [0.5, 0.6) is 5.75 Å². The van der Waals surface area contributed by atoms with E-state index in [2.05, 4.69) is 15.0 Å². The topological polar surface area (TPSA) is 90.1 Å². The second-order valence-corrected chi connectivity index (χ2v) is 8.94. The zero-order valence-corrected chi connectivity index (χ0v) is 20.2. The van der Waals surface area contributed by atoms with Gasteiger partial charge in [0, 0.05) is 24.2 Å². The summed E-state index contributed by atoms with van der Waals surface area (Å²) in [7, 11) is 0. The highest BCUT2D eigenvalue weighted by atomic mass is 35.5. The number of benzene rings is 1. The molecule has 8 heteroatoms. The molecule has 3 heterocycles. The Bertz CT molecular complexity index is 1400. The summed E-state index contributed by atoms with van der Waals surface area (Å²) in [5.41, 5.74) is 2.56. The second-order valence-electron chi connectivity index (χ2n) is 8.56. The van der Waals surface area contributed by atoms with Crippen LogP contribution in [0.3, 0.4) is 0 Å². The van der Waals surface area contributed by atoms with Crippen LogP contribution in [0.1, 0.15) is 36.5 Å². The molecule has 0 spiro atoms. The van der Waals surface area contributed by atoms with E-state index in [0.29, 0.717) is 35.1 Å². The molecular formula is C26H25ClN4O3. The van der Waals surface area contributed by atoms with Crippen LogP contribution in [0.4, 0.5) is 0 Å². The fraction of sp³-hybridized carbons (Fsp3) is 0.231. The van der Waals surface area contributed by atoms with E-state index < -0.39 is 5.60 Å². The van der Waals surface area contributed by atoms with Crippen molar-refractivity contribution in [3.63, 3.8) is 0 Å². The van der Waals surface area contributed by atoms with Gasteiger partial charge in [0.05, 0.1) is 17.1 Å². The molecule has 0 saturated carbocycles. The van der Waals surface area contributed by atoms with E-state index in [-0.39, 0.29) is 16.4 Å². The van der Waals surface area contributed by atoms with E-state index in [1.165, 1.54) is 4.57 Å². The normalized spacial score (nSPS) is 11.5. The van der Waals surface area contributed by atoms with Crippen LogP contribution in [0.15, 0.2) is 65.7 Å². The first-order valence-corrected chi connectivity index (χ1v) is 11.1. The number of halogens is 1. The average molecular weight is 477 g/mol. The number of aromatic nitrogens is 4. The predicted octanol–water partition coefficient (Wildman–Crippen LogP) is 4.77. The molecule has 174 valence electrons. The van der Waals surface area contributed by atoms with Gasteiger partial charge in [-0.05, 0) is 51.0 Å². The van der Waals surface area contributed by atoms with Crippen molar-refractivity contribution in [3.8, 4) is 22.8 Å². The van der Waals surface area contributed by atoms with Gasteiger partial charge in [-0.2, -0.15) is 0 Å². The Morgan fingerprint density at radius 1 is 1.06 bits per heavy atom. The zero-order valence-electron chi connectivity index (χ0n) is 19.4. The fourth-order valence-corrected chi connectivity index (χ4v) is 3.70. The van der Waals surface area contributed by atoms with E-state index in [4.69, 9.17) is 16.3 Å². The summed E-state index contributed by atoms with van der Waals surface area (Å²) < 4.78 is 7.38. The maximum Gasteiger partial charge on any atom is 0.277 e. The van der Waals surface area contributed by atoms with Crippen molar-refractivity contribution in [1.82, 2.24) is 19.5 Å². The molecule has 0 unspecified atom stereocenters. The quantitative estimate of drug-likeness (QED) is 0.431. The molecule has 0 aliphatic carbocycles. The van der Waals surface area contributed by atoms with E-state index in [1.807, 2.05) is 44.2 Å². The summed E-state index contributed by atoms with van der Waals surface area (Å²) in [5, 5.41) is 10.3. The summed E-state index contributed by atoms with van der Waals surface area (Å²) in [6.45, 7) is 7.23. The Balaban J connectivity index is 1.74. The average Bonchev–Trinajstić information content (AvgIpc) is 2.82. The number of aryl methyl sites for hydroxylation is 2. The van der Waals surface area contributed by atoms with Crippen LogP contribution in [0, 0.1) is 13.8 Å². The van der Waals surface area contributed by atoms with E-state index in [0.717, 1.165) is 11.1 Å². The third-order valence-electron chi connectivity index (χ3n) is 5.32. The van der Waals surface area contributed by atoms with Crippen molar-refractivity contribution < 1.29 is 9.84 Å². The lowest BCUT2D eigenvalue weighted by atomic mass is 10.1. The van der Waals surface area contributed by atoms with Crippen molar-refractivity contribution in [2.24, 2.45) is 0 Å². The number of hydrogen-bond donors (Lipinski definition) is 1. The Morgan fingerprint density at radius 3 is 2.50 bits per heavy atom. The minimum absolute atomic E-state index is 0.00523. The van der Waals surface area contributed by atoms with E-state index in [1.54, 1.807) is 44.4 Å². The number of hydrogen-bond acceptors (Lipinski definition) is 6. The smallest absolute Gasteiger partial charge is 0.277 e. The van der Waals surface area contributed by atoms with Gasteiger partial charge in [-0.25, -0.2) is 9.97 Å². The number of pyridine rings is 2. The van der Waals surface area contributed by atoms with Gasteiger partial charge >= 0.3 is 0 Å². The van der Waals surface area contributed by atoms with Crippen LogP contribution >= 0.6 is 11.6 Å². The minimum Gasteiger partial charge on any atom is -0.487 e. The lowest BCUT2D eigenvalue weighted by molar-refractivity contribution is 0.0688. The highest BCUT2D eigenvalue weighted by Gasteiger charge is 2.21. The van der Waals surface area contributed by atoms with E-state index in [9.17, 15) is 9.90 Å². The van der Waals surface area contributed by atoms with Gasteiger partial charge in [0.15, 0.2) is 5.82 Å². The van der Waals surface area contributed by atoms with Crippen molar-refractivity contribution in [2.75, 3.05) is 0 Å². The number of nitrogens with zero attached hydrogens (tertiary/aromatic N) is 4. The second kappa shape index (κ2) is 9.37.